The van der Waals surface area contributed by atoms with Crippen molar-refractivity contribution in [3.8, 4) is 0 Å². The van der Waals surface area contributed by atoms with Gasteiger partial charge >= 0.3 is 6.09 Å². The molecule has 4 aromatic heterocycles. The van der Waals surface area contributed by atoms with Crippen LogP contribution in [0, 0.1) is 24.8 Å². The fraction of sp³-hybridized carbons (Fsp3) is 0.386. The highest BCUT2D eigenvalue weighted by Gasteiger charge is 2.28. The normalized spacial score (nSPS) is 16.3. The van der Waals surface area contributed by atoms with Gasteiger partial charge in [0.2, 0.25) is 23.3 Å². The first-order valence-electron chi connectivity index (χ1n) is 19.6. The van der Waals surface area contributed by atoms with Crippen molar-refractivity contribution in [1.29, 1.82) is 0 Å². The second-order valence-corrected chi connectivity index (χ2v) is 15.8. The number of imidazole rings is 2. The van der Waals surface area contributed by atoms with E-state index in [4.69, 9.17) is 28.6 Å². The standard InChI is InChI=1S/C24H27FN6O2.C19H19FN6.CH4.ClH/c1-24(2,3)33-23(32)28-19-6-5-11-30(14-19)22-29-20-12-16(25)7-10-21(20)31(22)15-18-9-8-17(26-4)13-27-18;1-22-15-5-6-16(23-10-15)12-26-18-7-4-13(20)9-17(18)24-19(26)25-8-2-3-14(21)11-25;;/h7-10,12-13,19H,5-6,11,14-15H2,1-3H3,(H,28,32);4-7,9-10,14H,2-3,8,11-12,21H2;1H4;1H/t19-;14-;;/m00../s1. The second-order valence-electron chi connectivity index (χ2n) is 15.8. The smallest absolute Gasteiger partial charge is 0.407 e. The number of fused-ring (bicyclic) bond motifs is 2. The number of amides is 1. The fourth-order valence-corrected chi connectivity index (χ4v) is 7.39. The zero-order chi connectivity index (χ0) is 41.7. The predicted octanol–water partition coefficient (Wildman–Crippen LogP) is 8.82. The Hall–Kier alpha value is -6.36. The molecular weight excluding hydrogens is 802 g/mol. The highest BCUT2D eigenvalue weighted by atomic mass is 35.5. The van der Waals surface area contributed by atoms with Crippen molar-refractivity contribution in [2.45, 2.75) is 84.7 Å². The zero-order valence-electron chi connectivity index (χ0n) is 33.7. The summed E-state index contributed by atoms with van der Waals surface area (Å²) in [6, 6.07) is 16.4. The van der Waals surface area contributed by atoms with Crippen LogP contribution in [0.4, 0.5) is 36.8 Å². The molecule has 2 fully saturated rings. The molecule has 2 aliphatic rings. The lowest BCUT2D eigenvalue weighted by molar-refractivity contribution is 0.0499. The molecule has 0 spiro atoms. The lowest BCUT2D eigenvalue weighted by Crippen LogP contribution is -2.49. The quantitative estimate of drug-likeness (QED) is 0.151. The summed E-state index contributed by atoms with van der Waals surface area (Å²) >= 11 is 0. The molecular formula is C44H51ClF2N12O2. The van der Waals surface area contributed by atoms with Crippen LogP contribution in [-0.2, 0) is 17.8 Å². The van der Waals surface area contributed by atoms with Gasteiger partial charge in [0.1, 0.15) is 17.2 Å². The minimum absolute atomic E-state index is 0. The summed E-state index contributed by atoms with van der Waals surface area (Å²) in [6.45, 7) is 23.5. The number of hydrogen-bond donors (Lipinski definition) is 2. The number of ether oxygens (including phenoxy) is 1. The number of alkyl carbamates (subject to hydrolysis) is 1. The Morgan fingerprint density at radius 2 is 1.30 bits per heavy atom. The van der Waals surface area contributed by atoms with E-state index in [0.717, 1.165) is 73.7 Å². The Morgan fingerprint density at radius 1 is 0.803 bits per heavy atom. The number of halogens is 3. The van der Waals surface area contributed by atoms with Gasteiger partial charge in [0.25, 0.3) is 0 Å². The van der Waals surface area contributed by atoms with Crippen LogP contribution in [0.1, 0.15) is 65.3 Å². The minimum atomic E-state index is -0.563. The van der Waals surface area contributed by atoms with E-state index < -0.39 is 11.7 Å². The molecule has 6 aromatic rings. The molecule has 0 aliphatic carbocycles. The Morgan fingerprint density at radius 3 is 1.74 bits per heavy atom. The van der Waals surface area contributed by atoms with Gasteiger partial charge in [-0.1, -0.05) is 19.6 Å². The van der Waals surface area contributed by atoms with Gasteiger partial charge in [-0.2, -0.15) is 0 Å². The third-order valence-electron chi connectivity index (χ3n) is 10.1. The molecule has 2 aliphatic heterocycles. The largest absolute Gasteiger partial charge is 0.444 e. The lowest BCUT2D eigenvalue weighted by atomic mass is 10.1. The maximum absolute atomic E-state index is 13.9. The first-order chi connectivity index (χ1) is 28.3. The average Bonchev–Trinajstić information content (AvgIpc) is 3.75. The summed E-state index contributed by atoms with van der Waals surface area (Å²) in [5.74, 6) is 0.837. The van der Waals surface area contributed by atoms with Gasteiger partial charge < -0.3 is 34.7 Å². The third kappa shape index (κ3) is 11.3. The van der Waals surface area contributed by atoms with Crippen molar-refractivity contribution in [2.75, 3.05) is 36.0 Å². The highest BCUT2D eigenvalue weighted by molar-refractivity contribution is 5.85. The SMILES string of the molecule is C.Cl.[C-]#[N+]c1ccc(Cn2c(N3CCC[C@H](N)C3)nc3cc(F)ccc32)nc1.[C-]#[N+]c1ccc(Cn2c(N3CCC[C@H](NC(=O)OC(C)(C)C)C3)nc3cc(F)ccc32)nc1. The van der Waals surface area contributed by atoms with Crippen LogP contribution < -0.4 is 20.9 Å². The monoisotopic (exact) mass is 852 g/mol. The van der Waals surface area contributed by atoms with Gasteiger partial charge in [-0.3, -0.25) is 9.97 Å². The van der Waals surface area contributed by atoms with Crippen LogP contribution in [0.3, 0.4) is 0 Å². The molecule has 61 heavy (non-hydrogen) atoms. The van der Waals surface area contributed by atoms with Crippen LogP contribution in [-0.4, -0.2) is 79.0 Å². The molecule has 0 radical (unpaired) electrons. The topological polar surface area (TPSA) is 141 Å². The van der Waals surface area contributed by atoms with Crippen LogP contribution in [0.5, 0.6) is 0 Å². The van der Waals surface area contributed by atoms with Gasteiger partial charge in [-0.25, -0.2) is 33.2 Å². The second kappa shape index (κ2) is 19.8. The van der Waals surface area contributed by atoms with E-state index in [-0.39, 0.29) is 43.6 Å². The van der Waals surface area contributed by atoms with Gasteiger partial charge in [0, 0.05) is 62.8 Å². The van der Waals surface area contributed by atoms with Crippen molar-refractivity contribution >= 4 is 63.8 Å². The number of nitrogens with one attached hydrogen (secondary N) is 1. The molecule has 3 N–H and O–H groups in total. The Bertz CT molecular complexity index is 2520. The molecule has 0 bridgehead atoms. The van der Waals surface area contributed by atoms with Crippen molar-refractivity contribution in [3.63, 3.8) is 0 Å². The number of carbonyl (C=O) groups excluding carboxylic acids is 1. The van der Waals surface area contributed by atoms with E-state index in [0.29, 0.717) is 48.0 Å². The number of nitrogens with zero attached hydrogens (tertiary/aromatic N) is 10. The summed E-state index contributed by atoms with van der Waals surface area (Å²) in [5, 5.41) is 2.96. The first-order valence-corrected chi connectivity index (χ1v) is 19.6. The Balaban J connectivity index is 0.000000229. The number of anilines is 2. The molecule has 6 heterocycles. The fourth-order valence-electron chi connectivity index (χ4n) is 7.39. The zero-order valence-corrected chi connectivity index (χ0v) is 34.5. The molecule has 2 saturated heterocycles. The number of nitrogens with two attached hydrogens (primary N) is 1. The molecule has 2 atom stereocenters. The summed E-state index contributed by atoms with van der Waals surface area (Å²) in [5.41, 5.74) is 11.0. The Labute approximate surface area is 360 Å². The number of hydrogen-bond acceptors (Lipinski definition) is 9. The molecule has 17 heteroatoms. The molecule has 1 amide bonds. The van der Waals surface area contributed by atoms with Gasteiger partial charge in [0.05, 0.1) is 59.7 Å². The van der Waals surface area contributed by atoms with Crippen molar-refractivity contribution in [3.05, 3.63) is 119 Å². The van der Waals surface area contributed by atoms with E-state index in [2.05, 4.69) is 39.8 Å². The highest BCUT2D eigenvalue weighted by Crippen LogP contribution is 2.29. The van der Waals surface area contributed by atoms with E-state index in [1.807, 2.05) is 42.0 Å². The summed E-state index contributed by atoms with van der Waals surface area (Å²) in [6.07, 6.45) is 6.40. The van der Waals surface area contributed by atoms with Crippen molar-refractivity contribution in [1.82, 2.24) is 34.4 Å². The van der Waals surface area contributed by atoms with E-state index in [1.165, 1.54) is 24.3 Å². The number of pyridine rings is 2. The average molecular weight is 853 g/mol. The summed E-state index contributed by atoms with van der Waals surface area (Å²) in [7, 11) is 0. The van der Waals surface area contributed by atoms with Crippen molar-refractivity contribution < 1.29 is 18.3 Å². The van der Waals surface area contributed by atoms with Gasteiger partial charge in [-0.15, -0.1) is 12.4 Å². The number of aromatic nitrogens is 6. The summed E-state index contributed by atoms with van der Waals surface area (Å²) < 4.78 is 37.0. The van der Waals surface area contributed by atoms with Crippen LogP contribution >= 0.6 is 12.4 Å². The van der Waals surface area contributed by atoms with Crippen LogP contribution in [0.25, 0.3) is 31.8 Å². The molecule has 320 valence electrons. The maximum Gasteiger partial charge on any atom is 0.407 e. The van der Waals surface area contributed by atoms with E-state index >= 15 is 0 Å². The van der Waals surface area contributed by atoms with Crippen molar-refractivity contribution in [2.24, 2.45) is 5.73 Å². The van der Waals surface area contributed by atoms with Gasteiger partial charge in [0.15, 0.2) is 0 Å². The lowest BCUT2D eigenvalue weighted by Gasteiger charge is -2.34. The molecule has 8 rings (SSSR count). The molecule has 0 saturated carbocycles. The predicted molar refractivity (Wildman–Crippen MR) is 237 cm³/mol. The van der Waals surface area contributed by atoms with Crippen LogP contribution in [0.2, 0.25) is 0 Å². The van der Waals surface area contributed by atoms with Crippen LogP contribution in [0.15, 0.2) is 73.1 Å². The number of carbonyl (C=O) groups is 1. The maximum atomic E-state index is 13.9. The molecule has 14 nitrogen and oxygen atoms in total. The Kier molecular flexibility index (Phi) is 14.8. The minimum Gasteiger partial charge on any atom is -0.444 e. The number of benzene rings is 2. The van der Waals surface area contributed by atoms with E-state index in [9.17, 15) is 13.6 Å². The summed E-state index contributed by atoms with van der Waals surface area (Å²) in [4.78, 5) is 41.5. The third-order valence-corrected chi connectivity index (χ3v) is 10.1. The van der Waals surface area contributed by atoms with E-state index in [1.54, 1.807) is 36.7 Å². The number of rotatable bonds is 7. The first kappa shape index (κ1) is 45.7. The molecule has 0 unspecified atom stereocenters. The van der Waals surface area contributed by atoms with Gasteiger partial charge in [-0.05, 0) is 82.9 Å². The molecule has 2 aromatic carbocycles. The number of piperidine rings is 2.